The molecule has 0 heterocycles. The van der Waals surface area contributed by atoms with E-state index in [4.69, 9.17) is 11.5 Å². The second kappa shape index (κ2) is 14.9. The lowest BCUT2D eigenvalue weighted by Gasteiger charge is -2.19. The molecule has 0 aromatic heterocycles. The number of hydrogen-bond acceptors (Lipinski definition) is 2. The summed E-state index contributed by atoms with van der Waals surface area (Å²) >= 11 is 0. The van der Waals surface area contributed by atoms with Crippen LogP contribution in [0.1, 0.15) is 27.8 Å². The van der Waals surface area contributed by atoms with E-state index in [1.54, 1.807) is 0 Å². The van der Waals surface area contributed by atoms with Crippen molar-refractivity contribution < 1.29 is 0 Å². The maximum atomic E-state index is 6.55. The Bertz CT molecular complexity index is 2620. The monoisotopic (exact) mass is 682 g/mol. The maximum Gasteiger partial charge on any atom is 0.0387 e. The molecule has 0 bridgehead atoms. The molecule has 0 aliphatic carbocycles. The Hall–Kier alpha value is -6.64. The minimum atomic E-state index is 0.748. The van der Waals surface area contributed by atoms with Crippen molar-refractivity contribution in [1.29, 1.82) is 0 Å². The van der Waals surface area contributed by atoms with Gasteiger partial charge in [0.2, 0.25) is 0 Å². The van der Waals surface area contributed by atoms with Gasteiger partial charge in [-0.3, -0.25) is 0 Å². The molecular formula is C51H42N2. The van der Waals surface area contributed by atoms with Gasteiger partial charge in [-0.05, 0) is 120 Å². The van der Waals surface area contributed by atoms with Crippen LogP contribution in [0.25, 0.3) is 66.0 Å². The molecule has 0 aliphatic rings. The highest BCUT2D eigenvalue weighted by molar-refractivity contribution is 6.28. The smallest absolute Gasteiger partial charge is 0.0387 e. The molecule has 0 saturated carbocycles. The molecule has 0 radical (unpaired) electrons. The van der Waals surface area contributed by atoms with Gasteiger partial charge in [-0.1, -0.05) is 170 Å². The fourth-order valence-corrected chi connectivity index (χ4v) is 7.40. The molecule has 0 saturated heterocycles. The average molecular weight is 683 g/mol. The van der Waals surface area contributed by atoms with Crippen LogP contribution >= 0.6 is 0 Å². The van der Waals surface area contributed by atoms with Crippen LogP contribution in [0, 0.1) is 6.92 Å². The van der Waals surface area contributed by atoms with E-state index in [2.05, 4.69) is 134 Å². The van der Waals surface area contributed by atoms with Crippen molar-refractivity contribution in [3.8, 4) is 22.3 Å². The van der Waals surface area contributed by atoms with Crippen LogP contribution in [-0.4, -0.2) is 0 Å². The topological polar surface area (TPSA) is 52.0 Å². The zero-order chi connectivity index (χ0) is 36.1. The summed E-state index contributed by atoms with van der Waals surface area (Å²) in [5.74, 6) is 0. The Morgan fingerprint density at radius 2 is 0.943 bits per heavy atom. The lowest BCUT2D eigenvalue weighted by atomic mass is 9.85. The van der Waals surface area contributed by atoms with Crippen molar-refractivity contribution in [2.24, 2.45) is 11.5 Å². The summed E-state index contributed by atoms with van der Waals surface area (Å²) in [6.45, 7) is 2.18. The van der Waals surface area contributed by atoms with Crippen molar-refractivity contribution in [2.45, 2.75) is 19.8 Å². The Labute approximate surface area is 312 Å². The molecule has 8 aromatic rings. The van der Waals surface area contributed by atoms with Gasteiger partial charge in [0.25, 0.3) is 0 Å². The van der Waals surface area contributed by atoms with Crippen LogP contribution in [0.3, 0.4) is 0 Å². The van der Waals surface area contributed by atoms with Gasteiger partial charge in [0.05, 0.1) is 0 Å². The summed E-state index contributed by atoms with van der Waals surface area (Å²) in [5.41, 5.74) is 25.0. The normalized spacial score (nSPS) is 12.6. The van der Waals surface area contributed by atoms with Crippen molar-refractivity contribution in [3.05, 3.63) is 216 Å². The molecule has 2 nitrogen and oxygen atoms in total. The fraction of sp³-hybridized carbons (Fsp3) is 0.0588. The molecule has 0 amide bonds. The summed E-state index contributed by atoms with van der Waals surface area (Å²) < 4.78 is 0. The number of nitrogens with two attached hydrogens (primary N) is 2. The zero-order valence-electron chi connectivity index (χ0n) is 30.0. The van der Waals surface area contributed by atoms with Crippen LogP contribution in [-0.2, 0) is 12.8 Å². The first kappa shape index (κ1) is 33.5. The van der Waals surface area contributed by atoms with Crippen molar-refractivity contribution in [1.82, 2.24) is 0 Å². The average Bonchev–Trinajstić information content (AvgIpc) is 3.20. The summed E-state index contributed by atoms with van der Waals surface area (Å²) in [4.78, 5) is 0. The maximum absolute atomic E-state index is 6.55. The molecular weight excluding hydrogens is 641 g/mol. The van der Waals surface area contributed by atoms with Crippen molar-refractivity contribution >= 4 is 43.7 Å². The number of rotatable bonds is 10. The highest BCUT2D eigenvalue weighted by atomic mass is 14.6. The lowest BCUT2D eigenvalue weighted by molar-refractivity contribution is 1.27. The fourth-order valence-electron chi connectivity index (χ4n) is 7.40. The number of hydrogen-bond donors (Lipinski definition) is 2. The lowest BCUT2D eigenvalue weighted by Crippen LogP contribution is -1.96. The van der Waals surface area contributed by atoms with Gasteiger partial charge in [-0.2, -0.15) is 0 Å². The quantitative estimate of drug-likeness (QED) is 0.111. The van der Waals surface area contributed by atoms with Crippen molar-refractivity contribution in [2.75, 3.05) is 0 Å². The minimum Gasteiger partial charge on any atom is -0.398 e. The third-order valence-electron chi connectivity index (χ3n) is 10.1. The van der Waals surface area contributed by atoms with Gasteiger partial charge in [0.1, 0.15) is 0 Å². The summed E-state index contributed by atoms with van der Waals surface area (Å²) in [6, 6.07) is 54.4. The van der Waals surface area contributed by atoms with E-state index < -0.39 is 0 Å². The summed E-state index contributed by atoms with van der Waals surface area (Å²) in [5, 5.41) is 7.72. The Morgan fingerprint density at radius 1 is 0.472 bits per heavy atom. The van der Waals surface area contributed by atoms with Gasteiger partial charge in [-0.25, -0.2) is 0 Å². The molecule has 8 rings (SSSR count). The molecule has 2 heteroatoms. The van der Waals surface area contributed by atoms with E-state index >= 15 is 0 Å². The summed E-state index contributed by atoms with van der Waals surface area (Å²) in [7, 11) is 0. The largest absolute Gasteiger partial charge is 0.398 e. The summed E-state index contributed by atoms with van der Waals surface area (Å²) in [6.07, 6.45) is 14.1. The first-order valence-electron chi connectivity index (χ1n) is 18.3. The van der Waals surface area contributed by atoms with Gasteiger partial charge >= 0.3 is 0 Å². The molecule has 0 fully saturated rings. The van der Waals surface area contributed by atoms with Crippen LogP contribution in [0.15, 0.2) is 188 Å². The van der Waals surface area contributed by atoms with Crippen LogP contribution in [0.4, 0.5) is 0 Å². The van der Waals surface area contributed by atoms with E-state index in [0.717, 1.165) is 35.4 Å². The van der Waals surface area contributed by atoms with Gasteiger partial charge in [0, 0.05) is 11.4 Å². The number of allylic oxidation sites excluding steroid dienone is 6. The van der Waals surface area contributed by atoms with E-state index in [1.165, 1.54) is 71.3 Å². The number of aryl methyl sites for hydroxylation is 1. The molecule has 0 spiro atoms. The predicted molar refractivity (Wildman–Crippen MR) is 229 cm³/mol. The van der Waals surface area contributed by atoms with E-state index in [0.29, 0.717) is 0 Å². The van der Waals surface area contributed by atoms with Crippen molar-refractivity contribution in [3.63, 3.8) is 0 Å². The van der Waals surface area contributed by atoms with Gasteiger partial charge < -0.3 is 11.5 Å². The highest BCUT2D eigenvalue weighted by Crippen LogP contribution is 2.44. The SMILES string of the molecule is Cc1cc2ccc3c(-c4ccc(C/C=C\C=C(/N)c5ccccc5)cc4)cc(-c4ccc(/C(N)=C/C=C\Cc5ccccc5)cc4)c4ccc(c1)c2c34. The second-order valence-electron chi connectivity index (χ2n) is 13.8. The number of benzene rings is 8. The second-order valence-corrected chi connectivity index (χ2v) is 13.8. The molecule has 256 valence electrons. The van der Waals surface area contributed by atoms with Gasteiger partial charge in [0.15, 0.2) is 0 Å². The first-order chi connectivity index (χ1) is 26.0. The highest BCUT2D eigenvalue weighted by Gasteiger charge is 2.17. The minimum absolute atomic E-state index is 0.748. The molecule has 4 N–H and O–H groups in total. The van der Waals surface area contributed by atoms with E-state index in [9.17, 15) is 0 Å². The predicted octanol–water partition coefficient (Wildman–Crippen LogP) is 12.4. The Morgan fingerprint density at radius 3 is 1.49 bits per heavy atom. The standard InChI is InChI=1S/C51H42N2/c1-35-32-42-28-30-44-46(38-22-20-37(21-23-38)15-9-11-18-48(52)40-16-6-3-7-17-40)34-47(45-31-29-43(33-35)50(42)51(44)45)39-24-26-41(27-25-39)49(53)19-10-8-14-36-12-4-2-5-13-36/h2-13,16-34H,14-15,52-53H2,1H3/b10-8-,11-9-,48-18-,49-19-. The molecule has 8 aromatic carbocycles. The third kappa shape index (κ3) is 7.13. The zero-order valence-corrected chi connectivity index (χ0v) is 30.0. The molecule has 0 unspecified atom stereocenters. The third-order valence-corrected chi connectivity index (χ3v) is 10.1. The van der Waals surface area contributed by atoms with Crippen LogP contribution in [0.5, 0.6) is 0 Å². The molecule has 0 atom stereocenters. The Balaban J connectivity index is 1.13. The van der Waals surface area contributed by atoms with E-state index in [-0.39, 0.29) is 0 Å². The van der Waals surface area contributed by atoms with Crippen LogP contribution < -0.4 is 11.5 Å². The molecule has 0 aliphatic heterocycles. The van der Waals surface area contributed by atoms with Crippen LogP contribution in [0.2, 0.25) is 0 Å². The van der Waals surface area contributed by atoms with E-state index in [1.807, 2.05) is 60.7 Å². The molecule has 53 heavy (non-hydrogen) atoms. The Kier molecular flexibility index (Phi) is 9.43. The van der Waals surface area contributed by atoms with Gasteiger partial charge in [-0.15, -0.1) is 0 Å². The first-order valence-corrected chi connectivity index (χ1v) is 18.3.